The fourth-order valence-electron chi connectivity index (χ4n) is 3.31. The van der Waals surface area contributed by atoms with Crippen molar-refractivity contribution in [3.8, 4) is 11.5 Å². The summed E-state index contributed by atoms with van der Waals surface area (Å²) in [5.74, 6) is 1.58. The molecule has 156 valence electrons. The fourth-order valence-corrected chi connectivity index (χ4v) is 3.56. The molecule has 0 saturated heterocycles. The van der Waals surface area contributed by atoms with Crippen molar-refractivity contribution < 1.29 is 14.3 Å². The number of carbonyl (C=O) groups is 1. The third kappa shape index (κ3) is 4.09. The summed E-state index contributed by atoms with van der Waals surface area (Å²) < 4.78 is 12.6. The molecule has 2 heterocycles. The first-order valence-electron chi connectivity index (χ1n) is 9.86. The number of benzene rings is 2. The lowest BCUT2D eigenvalue weighted by Crippen LogP contribution is -2.25. The lowest BCUT2D eigenvalue weighted by Gasteiger charge is -2.10. The van der Waals surface area contributed by atoms with Crippen molar-refractivity contribution in [1.29, 1.82) is 0 Å². The average Bonchev–Trinajstić information content (AvgIpc) is 3.17. The number of hydrogen-bond donors (Lipinski definition) is 2. The van der Waals surface area contributed by atoms with E-state index in [2.05, 4.69) is 24.1 Å². The summed E-state index contributed by atoms with van der Waals surface area (Å²) in [4.78, 5) is 28.3. The molecule has 3 aromatic rings. The maximum absolute atomic E-state index is 13.0. The van der Waals surface area contributed by atoms with Crippen LogP contribution in [0.2, 0.25) is 0 Å². The van der Waals surface area contributed by atoms with Gasteiger partial charge in [0.2, 0.25) is 6.79 Å². The number of carbonyl (C=O) groups excluding carboxylic acids is 1. The number of aromatic nitrogens is 2. The van der Waals surface area contributed by atoms with E-state index in [4.69, 9.17) is 21.7 Å². The summed E-state index contributed by atoms with van der Waals surface area (Å²) in [5.41, 5.74) is 1.86. The Bertz CT molecular complexity index is 1210. The first-order valence-corrected chi connectivity index (χ1v) is 10.3. The Morgan fingerprint density at radius 2 is 1.90 bits per heavy atom. The van der Waals surface area contributed by atoms with Crippen LogP contribution in [0, 0.1) is 10.7 Å². The summed E-state index contributed by atoms with van der Waals surface area (Å²) in [7, 11) is 0. The molecule has 0 fully saturated rings. The number of H-pyrrole nitrogens is 1. The van der Waals surface area contributed by atoms with Crippen LogP contribution in [0.15, 0.2) is 41.2 Å². The van der Waals surface area contributed by atoms with Gasteiger partial charge in [0, 0.05) is 18.2 Å². The molecule has 8 heteroatoms. The van der Waals surface area contributed by atoms with Crippen molar-refractivity contribution >= 4 is 29.0 Å². The summed E-state index contributed by atoms with van der Waals surface area (Å²) in [6.07, 6.45) is 0.938. The smallest absolute Gasteiger partial charge is 0.262 e. The zero-order valence-electron chi connectivity index (χ0n) is 16.9. The molecule has 0 saturated carbocycles. The van der Waals surface area contributed by atoms with Crippen LogP contribution >= 0.6 is 12.2 Å². The number of hydrogen-bond acceptors (Lipinski definition) is 5. The van der Waals surface area contributed by atoms with Gasteiger partial charge in [-0.25, -0.2) is 0 Å². The number of nitrogens with zero attached hydrogens (tertiary/aromatic N) is 1. The second kappa shape index (κ2) is 8.31. The molecule has 2 aromatic carbocycles. The van der Waals surface area contributed by atoms with Gasteiger partial charge in [-0.2, -0.15) is 0 Å². The predicted molar refractivity (Wildman–Crippen MR) is 117 cm³/mol. The van der Waals surface area contributed by atoms with E-state index < -0.39 is 0 Å². The number of fused-ring (bicyclic) bond motifs is 2. The normalized spacial score (nSPS) is 12.5. The summed E-state index contributed by atoms with van der Waals surface area (Å²) in [5, 5.41) is 3.40. The van der Waals surface area contributed by atoms with Gasteiger partial charge in [0.15, 0.2) is 16.3 Å². The first kappa shape index (κ1) is 20.2. The molecule has 7 nitrogen and oxygen atoms in total. The molecule has 1 amide bonds. The van der Waals surface area contributed by atoms with Gasteiger partial charge in [0.25, 0.3) is 11.5 Å². The molecular weight excluding hydrogens is 402 g/mol. The third-order valence-corrected chi connectivity index (χ3v) is 5.36. The highest BCUT2D eigenvalue weighted by molar-refractivity contribution is 7.71. The Morgan fingerprint density at radius 3 is 2.60 bits per heavy atom. The van der Waals surface area contributed by atoms with Crippen LogP contribution in [0.3, 0.4) is 0 Å². The highest BCUT2D eigenvalue weighted by atomic mass is 32.1. The Labute approximate surface area is 178 Å². The second-order valence-corrected chi connectivity index (χ2v) is 8.09. The van der Waals surface area contributed by atoms with Gasteiger partial charge >= 0.3 is 0 Å². The summed E-state index contributed by atoms with van der Waals surface area (Å²) >= 11 is 5.40. The molecule has 30 heavy (non-hydrogen) atoms. The maximum atomic E-state index is 13.0. The van der Waals surface area contributed by atoms with Crippen LogP contribution in [0.4, 0.5) is 0 Å². The minimum absolute atomic E-state index is 0.0987. The maximum Gasteiger partial charge on any atom is 0.262 e. The predicted octanol–water partition coefficient (Wildman–Crippen LogP) is 3.61. The molecule has 4 rings (SSSR count). The second-order valence-electron chi connectivity index (χ2n) is 7.71. The lowest BCUT2D eigenvalue weighted by molar-refractivity contribution is 0.0952. The Balaban J connectivity index is 1.55. The van der Waals surface area contributed by atoms with Crippen molar-refractivity contribution in [2.45, 2.75) is 26.8 Å². The summed E-state index contributed by atoms with van der Waals surface area (Å²) in [6, 6.07) is 10.6. The van der Waals surface area contributed by atoms with Crippen molar-refractivity contribution in [2.75, 3.05) is 13.3 Å². The van der Waals surface area contributed by atoms with E-state index in [1.165, 1.54) is 4.57 Å². The largest absolute Gasteiger partial charge is 0.454 e. The van der Waals surface area contributed by atoms with E-state index in [1.807, 2.05) is 12.1 Å². The number of rotatable bonds is 6. The van der Waals surface area contributed by atoms with Gasteiger partial charge in [0.05, 0.1) is 17.4 Å². The highest BCUT2D eigenvalue weighted by Gasteiger charge is 2.17. The molecule has 0 aliphatic carbocycles. The molecule has 0 bridgehead atoms. The van der Waals surface area contributed by atoms with Gasteiger partial charge in [-0.05, 0) is 48.3 Å². The third-order valence-electron chi connectivity index (χ3n) is 5.04. The first-order chi connectivity index (χ1) is 14.4. The molecule has 1 aliphatic heterocycles. The van der Waals surface area contributed by atoms with Crippen LogP contribution in [0.1, 0.15) is 36.2 Å². The van der Waals surface area contributed by atoms with E-state index in [9.17, 15) is 9.59 Å². The number of nitrogens with one attached hydrogen (secondary N) is 2. The van der Waals surface area contributed by atoms with Crippen LogP contribution in [-0.4, -0.2) is 28.8 Å². The zero-order valence-corrected chi connectivity index (χ0v) is 17.7. The van der Waals surface area contributed by atoms with E-state index in [-0.39, 0.29) is 18.3 Å². The standard InChI is InChI=1S/C22H23N3O4S/c1-13(2)7-8-23-20(26)15-5-3-14(4-6-15)11-25-21(27)16-9-18-19(29-12-28-18)10-17(16)24-22(25)30/h3-6,9-10,13H,7-8,11-12H2,1-2H3,(H,23,26)(H,24,30). The molecular formula is C22H23N3O4S. The van der Waals surface area contributed by atoms with E-state index >= 15 is 0 Å². The zero-order chi connectivity index (χ0) is 21.3. The quantitative estimate of drug-likeness (QED) is 0.590. The molecule has 2 N–H and O–H groups in total. The average molecular weight is 426 g/mol. The minimum Gasteiger partial charge on any atom is -0.454 e. The van der Waals surface area contributed by atoms with Crippen molar-refractivity contribution in [1.82, 2.24) is 14.9 Å². The van der Waals surface area contributed by atoms with Gasteiger partial charge in [-0.1, -0.05) is 26.0 Å². The van der Waals surface area contributed by atoms with E-state index in [1.54, 1.807) is 24.3 Å². The SMILES string of the molecule is CC(C)CCNC(=O)c1ccc(Cn2c(=S)[nH]c3cc4c(cc3c2=O)OCO4)cc1. The van der Waals surface area contributed by atoms with Gasteiger partial charge < -0.3 is 19.8 Å². The number of aromatic amines is 1. The van der Waals surface area contributed by atoms with Crippen LogP contribution < -0.4 is 20.3 Å². The topological polar surface area (TPSA) is 85.4 Å². The van der Waals surface area contributed by atoms with Crippen LogP contribution in [-0.2, 0) is 6.54 Å². The fraction of sp³-hybridized carbons (Fsp3) is 0.318. The molecule has 1 aliphatic rings. The van der Waals surface area contributed by atoms with E-state index in [0.717, 1.165) is 12.0 Å². The Morgan fingerprint density at radius 1 is 1.20 bits per heavy atom. The lowest BCUT2D eigenvalue weighted by atomic mass is 10.1. The molecule has 0 spiro atoms. The molecule has 0 unspecified atom stereocenters. The number of amides is 1. The Hall–Kier alpha value is -3.13. The van der Waals surface area contributed by atoms with Gasteiger partial charge in [0.1, 0.15) is 0 Å². The number of ether oxygens (including phenoxy) is 2. The van der Waals surface area contributed by atoms with Crippen molar-refractivity contribution in [3.63, 3.8) is 0 Å². The van der Waals surface area contributed by atoms with Crippen molar-refractivity contribution in [2.24, 2.45) is 5.92 Å². The van der Waals surface area contributed by atoms with Crippen molar-refractivity contribution in [3.05, 3.63) is 62.6 Å². The van der Waals surface area contributed by atoms with Gasteiger partial charge in [-0.15, -0.1) is 0 Å². The summed E-state index contributed by atoms with van der Waals surface area (Å²) in [6.45, 7) is 5.33. The minimum atomic E-state index is -0.206. The van der Waals surface area contributed by atoms with Crippen LogP contribution in [0.25, 0.3) is 10.9 Å². The molecule has 0 radical (unpaired) electrons. The highest BCUT2D eigenvalue weighted by Crippen LogP contribution is 2.34. The molecule has 1 aromatic heterocycles. The van der Waals surface area contributed by atoms with Crippen LogP contribution in [0.5, 0.6) is 11.5 Å². The Kier molecular flexibility index (Phi) is 5.59. The monoisotopic (exact) mass is 425 g/mol. The van der Waals surface area contributed by atoms with Gasteiger partial charge in [-0.3, -0.25) is 14.2 Å². The van der Waals surface area contributed by atoms with E-state index in [0.29, 0.717) is 51.7 Å². The molecule has 0 atom stereocenters.